The lowest BCUT2D eigenvalue weighted by atomic mass is 10.1. The van der Waals surface area contributed by atoms with Crippen LogP contribution in [0.2, 0.25) is 0 Å². The number of fused-ring (bicyclic) bond motifs is 1. The van der Waals surface area contributed by atoms with Crippen LogP contribution in [0.4, 0.5) is 0 Å². The summed E-state index contributed by atoms with van der Waals surface area (Å²) in [5.74, 6) is -0.111. The van der Waals surface area contributed by atoms with Crippen LogP contribution in [0.25, 0.3) is 0 Å². The van der Waals surface area contributed by atoms with Crippen molar-refractivity contribution in [2.45, 2.75) is 37.2 Å². The third kappa shape index (κ3) is 2.82. The summed E-state index contributed by atoms with van der Waals surface area (Å²) in [7, 11) is -3.42. The molecule has 0 amide bonds. The van der Waals surface area contributed by atoms with Gasteiger partial charge in [0, 0.05) is 6.54 Å². The molecule has 1 aromatic carbocycles. The van der Waals surface area contributed by atoms with E-state index in [2.05, 4.69) is 6.07 Å². The van der Waals surface area contributed by atoms with Gasteiger partial charge in [0.15, 0.2) is 0 Å². The second-order valence-electron chi connectivity index (χ2n) is 5.54. The maximum Gasteiger partial charge on any atom is 0.218 e. The molecule has 5 nitrogen and oxygen atoms in total. The van der Waals surface area contributed by atoms with Crippen molar-refractivity contribution < 1.29 is 13.2 Å². The van der Waals surface area contributed by atoms with E-state index in [1.54, 1.807) is 28.6 Å². The first kappa shape index (κ1) is 14.5. The van der Waals surface area contributed by atoms with Gasteiger partial charge in [0.25, 0.3) is 0 Å². The first-order chi connectivity index (χ1) is 10.1. The van der Waals surface area contributed by atoms with E-state index < -0.39 is 10.0 Å². The SMILES string of the molecule is N#Cc1ccccc1CS(=O)(=O)N1CCOC2CCCC21. The minimum Gasteiger partial charge on any atom is -0.375 e. The standard InChI is InChI=1S/C15H18N2O3S/c16-10-12-4-1-2-5-13(12)11-21(18,19)17-8-9-20-15-7-3-6-14(15)17/h1-2,4-5,14-15H,3,6-9,11H2. The van der Waals surface area contributed by atoms with Gasteiger partial charge >= 0.3 is 0 Å². The molecule has 0 N–H and O–H groups in total. The number of ether oxygens (including phenoxy) is 1. The zero-order valence-electron chi connectivity index (χ0n) is 11.7. The molecule has 0 radical (unpaired) electrons. The van der Waals surface area contributed by atoms with Gasteiger partial charge in [-0.05, 0) is 30.9 Å². The molecule has 21 heavy (non-hydrogen) atoms. The number of hydrogen-bond donors (Lipinski definition) is 0. The van der Waals surface area contributed by atoms with Crippen LogP contribution in [0, 0.1) is 11.3 Å². The summed E-state index contributed by atoms with van der Waals surface area (Å²) in [5, 5.41) is 9.10. The Morgan fingerprint density at radius 1 is 1.33 bits per heavy atom. The molecule has 1 saturated carbocycles. The minimum absolute atomic E-state index is 0.0296. The van der Waals surface area contributed by atoms with Crippen LogP contribution in [0.1, 0.15) is 30.4 Å². The summed E-state index contributed by atoms with van der Waals surface area (Å²) in [6, 6.07) is 8.91. The molecule has 2 aliphatic rings. The molecule has 0 bridgehead atoms. The highest BCUT2D eigenvalue weighted by atomic mass is 32.2. The van der Waals surface area contributed by atoms with Crippen LogP contribution in [-0.4, -0.2) is 38.0 Å². The molecule has 0 spiro atoms. The monoisotopic (exact) mass is 306 g/mol. The largest absolute Gasteiger partial charge is 0.375 e. The Kier molecular flexibility index (Phi) is 3.98. The lowest BCUT2D eigenvalue weighted by Gasteiger charge is -2.36. The normalized spacial score (nSPS) is 26.2. The van der Waals surface area contributed by atoms with E-state index >= 15 is 0 Å². The van der Waals surface area contributed by atoms with E-state index in [-0.39, 0.29) is 17.9 Å². The third-order valence-electron chi connectivity index (χ3n) is 4.26. The van der Waals surface area contributed by atoms with Crippen molar-refractivity contribution >= 4 is 10.0 Å². The molecule has 1 aliphatic heterocycles. The fourth-order valence-electron chi connectivity index (χ4n) is 3.27. The minimum atomic E-state index is -3.42. The summed E-state index contributed by atoms with van der Waals surface area (Å²) in [6.45, 7) is 0.874. The quantitative estimate of drug-likeness (QED) is 0.851. The topological polar surface area (TPSA) is 70.4 Å². The van der Waals surface area contributed by atoms with Gasteiger partial charge in [-0.25, -0.2) is 8.42 Å². The molecule has 3 rings (SSSR count). The van der Waals surface area contributed by atoms with E-state index in [1.165, 1.54) is 0 Å². The maximum atomic E-state index is 12.7. The van der Waals surface area contributed by atoms with Crippen LogP contribution in [0.5, 0.6) is 0 Å². The second kappa shape index (κ2) is 5.76. The fraction of sp³-hybridized carbons (Fsp3) is 0.533. The number of nitrogens with zero attached hydrogens (tertiary/aromatic N) is 2. The zero-order chi connectivity index (χ0) is 14.9. The molecular formula is C15H18N2O3S. The van der Waals surface area contributed by atoms with Gasteiger partial charge in [-0.15, -0.1) is 0 Å². The van der Waals surface area contributed by atoms with E-state index in [9.17, 15) is 8.42 Å². The van der Waals surface area contributed by atoms with Gasteiger partial charge in [-0.1, -0.05) is 18.2 Å². The summed E-state index contributed by atoms with van der Waals surface area (Å²) in [4.78, 5) is 0. The smallest absolute Gasteiger partial charge is 0.218 e. The van der Waals surface area contributed by atoms with E-state index in [1.807, 2.05) is 0 Å². The average molecular weight is 306 g/mol. The highest BCUT2D eigenvalue weighted by Gasteiger charge is 2.41. The van der Waals surface area contributed by atoms with Crippen LogP contribution in [-0.2, 0) is 20.5 Å². The number of sulfonamides is 1. The van der Waals surface area contributed by atoms with Crippen LogP contribution < -0.4 is 0 Å². The van der Waals surface area contributed by atoms with Crippen molar-refractivity contribution in [2.24, 2.45) is 0 Å². The Morgan fingerprint density at radius 3 is 2.95 bits per heavy atom. The highest BCUT2D eigenvalue weighted by molar-refractivity contribution is 7.88. The highest BCUT2D eigenvalue weighted by Crippen LogP contribution is 2.32. The van der Waals surface area contributed by atoms with Crippen molar-refractivity contribution in [1.82, 2.24) is 4.31 Å². The molecule has 2 atom stereocenters. The Labute approximate surface area is 125 Å². The van der Waals surface area contributed by atoms with Crippen LogP contribution >= 0.6 is 0 Å². The van der Waals surface area contributed by atoms with Crippen molar-refractivity contribution in [3.05, 3.63) is 35.4 Å². The van der Waals surface area contributed by atoms with Gasteiger partial charge in [-0.2, -0.15) is 9.57 Å². The molecule has 1 heterocycles. The number of benzene rings is 1. The van der Waals surface area contributed by atoms with Crippen LogP contribution in [0.15, 0.2) is 24.3 Å². The van der Waals surface area contributed by atoms with E-state index in [0.717, 1.165) is 19.3 Å². The third-order valence-corrected chi connectivity index (χ3v) is 6.11. The number of rotatable bonds is 3. The van der Waals surface area contributed by atoms with Crippen molar-refractivity contribution in [1.29, 1.82) is 5.26 Å². The number of nitriles is 1. The summed E-state index contributed by atoms with van der Waals surface area (Å²) < 4.78 is 32.7. The summed E-state index contributed by atoms with van der Waals surface area (Å²) in [5.41, 5.74) is 0.998. The Balaban J connectivity index is 1.85. The fourth-order valence-corrected chi connectivity index (χ4v) is 5.09. The van der Waals surface area contributed by atoms with Gasteiger partial charge in [0.1, 0.15) is 0 Å². The summed E-state index contributed by atoms with van der Waals surface area (Å²) >= 11 is 0. The lowest BCUT2D eigenvalue weighted by Crippen LogP contribution is -2.51. The second-order valence-corrected chi connectivity index (χ2v) is 7.46. The van der Waals surface area contributed by atoms with Crippen molar-refractivity contribution in [2.75, 3.05) is 13.2 Å². The van der Waals surface area contributed by atoms with Gasteiger partial charge in [0.2, 0.25) is 10.0 Å². The lowest BCUT2D eigenvalue weighted by molar-refractivity contribution is -0.0242. The molecule has 6 heteroatoms. The predicted octanol–water partition coefficient (Wildman–Crippen LogP) is 1.64. The summed E-state index contributed by atoms with van der Waals surface area (Å²) in [6.07, 6.45) is 2.85. The molecule has 112 valence electrons. The Hall–Kier alpha value is -1.42. The zero-order valence-corrected chi connectivity index (χ0v) is 12.6. The molecule has 2 fully saturated rings. The van der Waals surface area contributed by atoms with Crippen LogP contribution in [0.3, 0.4) is 0 Å². The average Bonchev–Trinajstić information content (AvgIpc) is 2.95. The predicted molar refractivity (Wildman–Crippen MR) is 77.9 cm³/mol. The molecule has 1 aromatic rings. The van der Waals surface area contributed by atoms with Crippen molar-refractivity contribution in [3.63, 3.8) is 0 Å². The molecular weight excluding hydrogens is 288 g/mol. The van der Waals surface area contributed by atoms with Gasteiger partial charge in [-0.3, -0.25) is 0 Å². The maximum absolute atomic E-state index is 12.7. The first-order valence-electron chi connectivity index (χ1n) is 7.21. The number of hydrogen-bond acceptors (Lipinski definition) is 4. The molecule has 1 saturated heterocycles. The molecule has 1 aliphatic carbocycles. The van der Waals surface area contributed by atoms with Crippen molar-refractivity contribution in [3.8, 4) is 6.07 Å². The van der Waals surface area contributed by atoms with E-state index in [4.69, 9.17) is 10.00 Å². The molecule has 0 aromatic heterocycles. The Bertz CT molecular complexity index is 666. The Morgan fingerprint density at radius 2 is 2.14 bits per heavy atom. The number of morpholine rings is 1. The molecule has 2 unspecified atom stereocenters. The van der Waals surface area contributed by atoms with Gasteiger partial charge < -0.3 is 4.74 Å². The van der Waals surface area contributed by atoms with E-state index in [0.29, 0.717) is 24.3 Å². The van der Waals surface area contributed by atoms with Gasteiger partial charge in [0.05, 0.1) is 36.1 Å². The first-order valence-corrected chi connectivity index (χ1v) is 8.82.